The molecular weight excluding hydrogens is 250 g/mol. The predicted molar refractivity (Wildman–Crippen MR) is 80.8 cm³/mol. The zero-order valence-electron chi connectivity index (χ0n) is 12.7. The largest absolute Gasteiger partial charge is 0.481 e. The second-order valence-electron chi connectivity index (χ2n) is 6.23. The minimum atomic E-state index is -0.767. The normalized spacial score (nSPS) is 21.3. The molecule has 3 nitrogen and oxygen atoms in total. The Morgan fingerprint density at radius 1 is 1.30 bits per heavy atom. The molecule has 0 spiro atoms. The van der Waals surface area contributed by atoms with Crippen molar-refractivity contribution >= 4 is 5.97 Å². The highest BCUT2D eigenvalue weighted by molar-refractivity contribution is 5.75. The summed E-state index contributed by atoms with van der Waals surface area (Å²) in [6, 6.07) is 8.74. The molecule has 1 heterocycles. The number of hydrogen-bond donors (Lipinski definition) is 1. The lowest BCUT2D eigenvalue weighted by atomic mass is 9.99. The Morgan fingerprint density at radius 2 is 1.95 bits per heavy atom. The highest BCUT2D eigenvalue weighted by atomic mass is 16.4. The second kappa shape index (κ2) is 6.40. The summed E-state index contributed by atoms with van der Waals surface area (Å²) in [5, 5.41) is 9.02. The van der Waals surface area contributed by atoms with E-state index in [1.807, 2.05) is 12.1 Å². The molecule has 1 N–H and O–H groups in total. The molecule has 0 saturated carbocycles. The maximum Gasteiger partial charge on any atom is 0.310 e. The fourth-order valence-corrected chi connectivity index (χ4v) is 3.09. The topological polar surface area (TPSA) is 40.5 Å². The van der Waals surface area contributed by atoms with E-state index < -0.39 is 11.9 Å². The fourth-order valence-electron chi connectivity index (χ4n) is 3.09. The van der Waals surface area contributed by atoms with Gasteiger partial charge in [-0.05, 0) is 43.4 Å². The van der Waals surface area contributed by atoms with E-state index in [-0.39, 0.29) is 0 Å². The van der Waals surface area contributed by atoms with Gasteiger partial charge in [0.15, 0.2) is 0 Å². The van der Waals surface area contributed by atoms with Gasteiger partial charge < -0.3 is 5.11 Å². The summed E-state index contributed by atoms with van der Waals surface area (Å²) >= 11 is 0. The van der Waals surface area contributed by atoms with Crippen molar-refractivity contribution in [2.24, 2.45) is 5.92 Å². The van der Waals surface area contributed by atoms with Crippen molar-refractivity contribution in [3.63, 3.8) is 0 Å². The van der Waals surface area contributed by atoms with Crippen molar-refractivity contribution in [2.75, 3.05) is 6.54 Å². The average molecular weight is 275 g/mol. The minimum Gasteiger partial charge on any atom is -0.481 e. The van der Waals surface area contributed by atoms with E-state index in [0.29, 0.717) is 12.0 Å². The van der Waals surface area contributed by atoms with Gasteiger partial charge in [0.1, 0.15) is 0 Å². The molecule has 0 radical (unpaired) electrons. The van der Waals surface area contributed by atoms with Gasteiger partial charge >= 0.3 is 5.97 Å². The highest BCUT2D eigenvalue weighted by Crippen LogP contribution is 2.26. The molecule has 0 amide bonds. The average Bonchev–Trinajstić information content (AvgIpc) is 2.87. The molecule has 1 saturated heterocycles. The molecule has 1 aromatic carbocycles. The third kappa shape index (κ3) is 3.40. The van der Waals surface area contributed by atoms with E-state index in [1.165, 1.54) is 24.9 Å². The van der Waals surface area contributed by atoms with Crippen molar-refractivity contribution in [3.05, 3.63) is 35.4 Å². The smallest absolute Gasteiger partial charge is 0.310 e. The van der Waals surface area contributed by atoms with Crippen LogP contribution in [0.3, 0.4) is 0 Å². The quantitative estimate of drug-likeness (QED) is 0.894. The van der Waals surface area contributed by atoms with Gasteiger partial charge in [0.2, 0.25) is 0 Å². The number of aliphatic carboxylic acids is 1. The summed E-state index contributed by atoms with van der Waals surface area (Å²) in [6.45, 7) is 8.47. The van der Waals surface area contributed by atoms with Crippen LogP contribution in [-0.4, -0.2) is 28.6 Å². The van der Waals surface area contributed by atoms with Gasteiger partial charge in [-0.3, -0.25) is 9.69 Å². The molecule has 0 bridgehead atoms. The molecule has 20 heavy (non-hydrogen) atoms. The first kappa shape index (κ1) is 15.0. The predicted octanol–water partition coefficient (Wildman–Crippen LogP) is 3.50. The molecule has 2 unspecified atom stereocenters. The molecule has 110 valence electrons. The van der Waals surface area contributed by atoms with Crippen molar-refractivity contribution in [1.82, 2.24) is 4.90 Å². The van der Waals surface area contributed by atoms with E-state index in [4.69, 9.17) is 5.11 Å². The van der Waals surface area contributed by atoms with Gasteiger partial charge in [0.25, 0.3) is 0 Å². The lowest BCUT2D eigenvalue weighted by Crippen LogP contribution is -2.32. The minimum absolute atomic E-state index is 0.431. The van der Waals surface area contributed by atoms with Crippen LogP contribution in [0.2, 0.25) is 0 Å². The van der Waals surface area contributed by atoms with Crippen LogP contribution in [0, 0.1) is 5.92 Å². The van der Waals surface area contributed by atoms with E-state index in [2.05, 4.69) is 30.9 Å². The summed E-state index contributed by atoms with van der Waals surface area (Å²) in [7, 11) is 0. The van der Waals surface area contributed by atoms with Crippen molar-refractivity contribution in [1.29, 1.82) is 0 Å². The third-order valence-corrected chi connectivity index (χ3v) is 4.42. The Labute approximate surface area is 121 Å². The van der Waals surface area contributed by atoms with Crippen molar-refractivity contribution in [3.8, 4) is 0 Å². The van der Waals surface area contributed by atoms with Gasteiger partial charge in [0.05, 0.1) is 5.92 Å². The Hall–Kier alpha value is -1.35. The van der Waals surface area contributed by atoms with E-state index >= 15 is 0 Å². The molecule has 1 fully saturated rings. The summed E-state index contributed by atoms with van der Waals surface area (Å²) in [5.41, 5.74) is 2.15. The van der Waals surface area contributed by atoms with Gasteiger partial charge in [-0.15, -0.1) is 0 Å². The molecule has 1 aliphatic heterocycles. The zero-order valence-corrected chi connectivity index (χ0v) is 12.7. The van der Waals surface area contributed by atoms with Crippen molar-refractivity contribution in [2.45, 2.75) is 52.1 Å². The molecule has 0 aromatic heterocycles. The molecule has 1 aliphatic rings. The molecule has 2 rings (SSSR count). The first-order valence-electron chi connectivity index (χ1n) is 7.54. The Kier molecular flexibility index (Phi) is 4.81. The molecule has 2 atom stereocenters. The second-order valence-corrected chi connectivity index (χ2v) is 6.23. The van der Waals surface area contributed by atoms with Crippen LogP contribution >= 0.6 is 0 Å². The summed E-state index contributed by atoms with van der Waals surface area (Å²) in [5.74, 6) is -0.500. The maximum absolute atomic E-state index is 11.0. The van der Waals surface area contributed by atoms with Crippen LogP contribution < -0.4 is 0 Å². The molecule has 1 aromatic rings. The number of carbonyl (C=O) groups is 1. The monoisotopic (exact) mass is 275 g/mol. The van der Waals surface area contributed by atoms with E-state index in [0.717, 1.165) is 12.1 Å². The summed E-state index contributed by atoms with van der Waals surface area (Å²) < 4.78 is 0. The van der Waals surface area contributed by atoms with Crippen LogP contribution in [-0.2, 0) is 11.3 Å². The van der Waals surface area contributed by atoms with E-state index in [9.17, 15) is 4.79 Å². The lowest BCUT2D eigenvalue weighted by Gasteiger charge is -2.27. The van der Waals surface area contributed by atoms with Crippen LogP contribution in [0.5, 0.6) is 0 Å². The summed E-state index contributed by atoms with van der Waals surface area (Å²) in [6.07, 6.45) is 2.59. The Balaban J connectivity index is 2.02. The lowest BCUT2D eigenvalue weighted by molar-refractivity contribution is -0.138. The van der Waals surface area contributed by atoms with Gasteiger partial charge in [-0.2, -0.15) is 0 Å². The van der Waals surface area contributed by atoms with Crippen LogP contribution in [0.4, 0.5) is 0 Å². The number of hydrogen-bond acceptors (Lipinski definition) is 2. The maximum atomic E-state index is 11.0. The SMILES string of the molecule is CC(C(=O)O)c1ccc(CN2CCCC2C(C)C)cc1. The number of benzene rings is 1. The third-order valence-electron chi connectivity index (χ3n) is 4.42. The van der Waals surface area contributed by atoms with E-state index in [1.54, 1.807) is 6.92 Å². The molecular formula is C17H25NO2. The Morgan fingerprint density at radius 3 is 2.50 bits per heavy atom. The highest BCUT2D eigenvalue weighted by Gasteiger charge is 2.26. The van der Waals surface area contributed by atoms with Gasteiger partial charge in [0, 0.05) is 12.6 Å². The number of nitrogens with zero attached hydrogens (tertiary/aromatic N) is 1. The van der Waals surface area contributed by atoms with Crippen LogP contribution in [0.15, 0.2) is 24.3 Å². The first-order chi connectivity index (χ1) is 9.49. The number of likely N-dealkylation sites (tertiary alicyclic amines) is 1. The summed E-state index contributed by atoms with van der Waals surface area (Å²) in [4.78, 5) is 13.5. The molecule has 3 heteroatoms. The molecule has 0 aliphatic carbocycles. The van der Waals surface area contributed by atoms with Crippen LogP contribution in [0.25, 0.3) is 0 Å². The number of carboxylic acids is 1. The Bertz CT molecular complexity index is 453. The van der Waals surface area contributed by atoms with Gasteiger partial charge in [-0.25, -0.2) is 0 Å². The number of carboxylic acid groups (broad SMARTS) is 1. The van der Waals surface area contributed by atoms with Gasteiger partial charge in [-0.1, -0.05) is 38.1 Å². The number of rotatable bonds is 5. The fraction of sp³-hybridized carbons (Fsp3) is 0.588. The van der Waals surface area contributed by atoms with Crippen LogP contribution in [0.1, 0.15) is 50.7 Å². The van der Waals surface area contributed by atoms with Crippen molar-refractivity contribution < 1.29 is 9.90 Å². The zero-order chi connectivity index (χ0) is 14.7. The first-order valence-corrected chi connectivity index (χ1v) is 7.54. The standard InChI is InChI=1S/C17H25NO2/c1-12(2)16-5-4-10-18(16)11-14-6-8-15(9-7-14)13(3)17(19)20/h6-9,12-13,16H,4-5,10-11H2,1-3H3,(H,19,20).